The number of benzene rings is 2. The van der Waals surface area contributed by atoms with E-state index in [-0.39, 0.29) is 11.1 Å². The van der Waals surface area contributed by atoms with Gasteiger partial charge < -0.3 is 14.8 Å². The number of rotatable bonds is 8. The number of ether oxygens (including phenoxy) is 2. The number of carbonyl (C=O) groups excluding carboxylic acids is 2. The summed E-state index contributed by atoms with van der Waals surface area (Å²) in [6.07, 6.45) is 3.78. The molecule has 0 fully saturated rings. The number of nitrogens with zero attached hydrogens (tertiary/aromatic N) is 3. The van der Waals surface area contributed by atoms with Gasteiger partial charge in [0.1, 0.15) is 0 Å². The number of methoxy groups -OCH3 is 2. The normalized spacial score (nSPS) is 13.3. The number of pyridine rings is 1. The molecule has 34 heavy (non-hydrogen) atoms. The minimum atomic E-state index is -0.214. The lowest BCUT2D eigenvalue weighted by atomic mass is 10.1. The summed E-state index contributed by atoms with van der Waals surface area (Å²) >= 11 is 1.23. The van der Waals surface area contributed by atoms with Crippen LogP contribution in [-0.4, -0.2) is 53.4 Å². The Balaban J connectivity index is 1.39. The van der Waals surface area contributed by atoms with Crippen LogP contribution >= 0.6 is 11.8 Å². The van der Waals surface area contributed by atoms with Crippen LogP contribution in [0.4, 0.5) is 10.5 Å². The van der Waals surface area contributed by atoms with Crippen LogP contribution in [0.25, 0.3) is 0 Å². The number of amides is 2. The molecule has 0 radical (unpaired) electrons. The molecule has 0 bridgehead atoms. The van der Waals surface area contributed by atoms with E-state index < -0.39 is 0 Å². The van der Waals surface area contributed by atoms with Gasteiger partial charge in [0.25, 0.3) is 5.91 Å². The molecule has 174 valence electrons. The number of nitrogens with one attached hydrogen (secondary N) is 1. The van der Waals surface area contributed by atoms with Crippen LogP contribution < -0.4 is 14.8 Å². The Morgan fingerprint density at radius 2 is 1.88 bits per heavy atom. The average molecular weight is 477 g/mol. The largest absolute Gasteiger partial charge is 0.493 e. The fraction of sp³-hybridized carbons (Fsp3) is 0.200. The van der Waals surface area contributed by atoms with Crippen molar-refractivity contribution in [2.45, 2.75) is 6.42 Å². The summed E-state index contributed by atoms with van der Waals surface area (Å²) in [6, 6.07) is 16.6. The number of hydrogen-bond acceptors (Lipinski definition) is 7. The molecular weight excluding hydrogens is 452 g/mol. The van der Waals surface area contributed by atoms with Crippen LogP contribution in [0.5, 0.6) is 11.5 Å². The van der Waals surface area contributed by atoms with E-state index in [0.29, 0.717) is 41.5 Å². The SMILES string of the molecule is COc1ccc(C2=NN(CCc3ccc(NC(=O)c4cccnc4)cc3)C(=O)SC2)cc1OC. The van der Waals surface area contributed by atoms with Crippen molar-refractivity contribution >= 4 is 34.3 Å². The highest BCUT2D eigenvalue weighted by Crippen LogP contribution is 2.29. The summed E-state index contributed by atoms with van der Waals surface area (Å²) in [6.45, 7) is 0.448. The minimum absolute atomic E-state index is 0.0791. The molecule has 0 unspecified atom stereocenters. The van der Waals surface area contributed by atoms with Crippen molar-refractivity contribution in [2.24, 2.45) is 5.10 Å². The molecular formula is C25H24N4O4S. The van der Waals surface area contributed by atoms with E-state index in [0.717, 1.165) is 16.8 Å². The van der Waals surface area contributed by atoms with Crippen molar-refractivity contribution in [3.8, 4) is 11.5 Å². The molecule has 2 amide bonds. The average Bonchev–Trinajstić information content (AvgIpc) is 2.89. The fourth-order valence-corrected chi connectivity index (χ4v) is 4.17. The van der Waals surface area contributed by atoms with Gasteiger partial charge in [-0.3, -0.25) is 14.6 Å². The lowest BCUT2D eigenvalue weighted by molar-refractivity contribution is 0.102. The Labute approximate surface area is 202 Å². The van der Waals surface area contributed by atoms with E-state index in [9.17, 15) is 9.59 Å². The molecule has 0 atom stereocenters. The van der Waals surface area contributed by atoms with Gasteiger partial charge in [-0.15, -0.1) is 0 Å². The molecule has 1 aromatic heterocycles. The maximum atomic E-state index is 12.4. The lowest BCUT2D eigenvalue weighted by Crippen LogP contribution is -2.31. The highest BCUT2D eigenvalue weighted by Gasteiger charge is 2.22. The van der Waals surface area contributed by atoms with E-state index in [1.165, 1.54) is 23.0 Å². The van der Waals surface area contributed by atoms with Crippen molar-refractivity contribution in [3.63, 3.8) is 0 Å². The molecule has 1 aliphatic rings. The first-order chi connectivity index (χ1) is 16.6. The second-order valence-corrected chi connectivity index (χ2v) is 8.36. The number of aromatic nitrogens is 1. The molecule has 0 saturated carbocycles. The third kappa shape index (κ3) is 5.55. The summed E-state index contributed by atoms with van der Waals surface area (Å²) in [5.41, 5.74) is 3.91. The van der Waals surface area contributed by atoms with Crippen molar-refractivity contribution in [3.05, 3.63) is 83.7 Å². The van der Waals surface area contributed by atoms with E-state index in [2.05, 4.69) is 15.4 Å². The van der Waals surface area contributed by atoms with Crippen molar-refractivity contribution in [1.82, 2.24) is 9.99 Å². The van der Waals surface area contributed by atoms with Crippen molar-refractivity contribution in [1.29, 1.82) is 0 Å². The van der Waals surface area contributed by atoms with Gasteiger partial charge in [-0.25, -0.2) is 5.01 Å². The Morgan fingerprint density at radius 3 is 2.59 bits per heavy atom. The molecule has 4 rings (SSSR count). The number of anilines is 1. The zero-order chi connectivity index (χ0) is 23.9. The first-order valence-corrected chi connectivity index (χ1v) is 11.6. The summed E-state index contributed by atoms with van der Waals surface area (Å²) < 4.78 is 10.7. The van der Waals surface area contributed by atoms with Gasteiger partial charge in [-0.2, -0.15) is 5.10 Å². The third-order valence-corrected chi connectivity index (χ3v) is 6.12. The lowest BCUT2D eigenvalue weighted by Gasteiger charge is -2.23. The molecule has 9 heteroatoms. The minimum Gasteiger partial charge on any atom is -0.493 e. The van der Waals surface area contributed by atoms with Crippen LogP contribution in [0.1, 0.15) is 21.5 Å². The van der Waals surface area contributed by atoms with Crippen LogP contribution in [0.2, 0.25) is 0 Å². The second kappa shape index (κ2) is 10.8. The topological polar surface area (TPSA) is 93.1 Å². The highest BCUT2D eigenvalue weighted by atomic mass is 32.2. The molecule has 0 saturated heterocycles. The Kier molecular flexibility index (Phi) is 7.44. The maximum Gasteiger partial charge on any atom is 0.302 e. The predicted molar refractivity (Wildman–Crippen MR) is 133 cm³/mol. The molecule has 2 heterocycles. The standard InChI is InChI=1S/C25H24N4O4S/c1-32-22-10-7-18(14-23(22)33-2)21-16-34-25(31)29(28-21)13-11-17-5-8-20(9-6-17)27-24(30)19-4-3-12-26-15-19/h3-10,12,14-15H,11,13,16H2,1-2H3,(H,27,30). The van der Waals surface area contributed by atoms with Gasteiger partial charge >= 0.3 is 5.24 Å². The van der Waals surface area contributed by atoms with E-state index >= 15 is 0 Å². The van der Waals surface area contributed by atoms with Gasteiger partial charge in [-0.05, 0) is 54.4 Å². The molecule has 8 nitrogen and oxygen atoms in total. The van der Waals surface area contributed by atoms with E-state index in [1.807, 2.05) is 42.5 Å². The van der Waals surface area contributed by atoms with Gasteiger partial charge in [0.2, 0.25) is 0 Å². The number of carbonyl (C=O) groups is 2. The van der Waals surface area contributed by atoms with Crippen LogP contribution in [0.3, 0.4) is 0 Å². The quantitative estimate of drug-likeness (QED) is 0.516. The number of hydrazone groups is 1. The van der Waals surface area contributed by atoms with Crippen LogP contribution in [-0.2, 0) is 6.42 Å². The van der Waals surface area contributed by atoms with Crippen LogP contribution in [0.15, 0.2) is 72.1 Å². The Hall–Kier alpha value is -3.85. The summed E-state index contributed by atoms with van der Waals surface area (Å²) in [5, 5.41) is 8.86. The zero-order valence-electron chi connectivity index (χ0n) is 18.9. The summed E-state index contributed by atoms with van der Waals surface area (Å²) in [4.78, 5) is 28.6. The van der Waals surface area contributed by atoms with Crippen molar-refractivity contribution < 1.29 is 19.1 Å². The second-order valence-electron chi connectivity index (χ2n) is 7.44. The molecule has 2 aromatic carbocycles. The number of thioether (sulfide) groups is 1. The fourth-order valence-electron chi connectivity index (χ4n) is 3.41. The zero-order valence-corrected chi connectivity index (χ0v) is 19.7. The van der Waals surface area contributed by atoms with Gasteiger partial charge in [0.05, 0.1) is 25.5 Å². The first kappa shape index (κ1) is 23.3. The molecule has 0 spiro atoms. The first-order valence-electron chi connectivity index (χ1n) is 10.6. The van der Waals surface area contributed by atoms with Gasteiger partial charge in [0.15, 0.2) is 11.5 Å². The summed E-state index contributed by atoms with van der Waals surface area (Å²) in [5.74, 6) is 1.54. The van der Waals surface area contributed by atoms with Gasteiger partial charge in [0, 0.05) is 35.9 Å². The Bertz CT molecular complexity index is 1200. The van der Waals surface area contributed by atoms with Gasteiger partial charge in [-0.1, -0.05) is 23.9 Å². The molecule has 0 aliphatic carbocycles. The molecule has 1 aliphatic heterocycles. The third-order valence-electron chi connectivity index (χ3n) is 5.25. The predicted octanol–water partition coefficient (Wildman–Crippen LogP) is 4.47. The number of hydrogen-bond donors (Lipinski definition) is 1. The molecule has 3 aromatic rings. The Morgan fingerprint density at radius 1 is 1.09 bits per heavy atom. The van der Waals surface area contributed by atoms with E-state index in [1.54, 1.807) is 32.5 Å². The highest BCUT2D eigenvalue weighted by molar-refractivity contribution is 8.14. The summed E-state index contributed by atoms with van der Waals surface area (Å²) in [7, 11) is 3.18. The monoisotopic (exact) mass is 476 g/mol. The van der Waals surface area contributed by atoms with Crippen LogP contribution in [0, 0.1) is 0 Å². The molecule has 1 N–H and O–H groups in total. The van der Waals surface area contributed by atoms with Crippen molar-refractivity contribution in [2.75, 3.05) is 31.8 Å². The smallest absolute Gasteiger partial charge is 0.302 e. The van der Waals surface area contributed by atoms with E-state index in [4.69, 9.17) is 9.47 Å². The maximum absolute atomic E-state index is 12.4.